The van der Waals surface area contributed by atoms with Crippen LogP contribution in [0, 0.1) is 10.8 Å². The first-order valence-electron chi connectivity index (χ1n) is 10.4. The van der Waals surface area contributed by atoms with Crippen molar-refractivity contribution in [2.24, 2.45) is 10.8 Å². The summed E-state index contributed by atoms with van der Waals surface area (Å²) in [4.78, 5) is 30.0. The molecule has 7 nitrogen and oxygen atoms in total. The van der Waals surface area contributed by atoms with Crippen LogP contribution in [0.5, 0.6) is 0 Å². The summed E-state index contributed by atoms with van der Waals surface area (Å²) in [6, 6.07) is 3.80. The fraction of sp³-hybridized carbons (Fsp3) is 0.667. The van der Waals surface area contributed by atoms with Gasteiger partial charge in [0.15, 0.2) is 0 Å². The first-order chi connectivity index (χ1) is 13.8. The van der Waals surface area contributed by atoms with Gasteiger partial charge in [0.05, 0.1) is 12.6 Å². The first kappa shape index (κ1) is 20.8. The lowest BCUT2D eigenvalue weighted by Crippen LogP contribution is -2.40. The van der Waals surface area contributed by atoms with Crippen LogP contribution in [0.1, 0.15) is 51.5 Å². The number of halogens is 1. The molecule has 3 heterocycles. The van der Waals surface area contributed by atoms with Gasteiger partial charge in [-0.1, -0.05) is 26.3 Å². The zero-order valence-electron chi connectivity index (χ0n) is 17.0. The van der Waals surface area contributed by atoms with Crippen molar-refractivity contribution in [3.8, 4) is 0 Å². The molecule has 0 aromatic carbocycles. The quantitative estimate of drug-likeness (QED) is 0.513. The molecule has 1 saturated carbocycles. The van der Waals surface area contributed by atoms with Crippen LogP contribution in [-0.4, -0.2) is 42.0 Å². The van der Waals surface area contributed by atoms with Crippen LogP contribution in [0.15, 0.2) is 16.7 Å². The Hall–Kier alpha value is -1.51. The average molecular weight is 465 g/mol. The Morgan fingerprint density at radius 3 is 2.86 bits per heavy atom. The largest absolute Gasteiger partial charge is 0.377 e. The maximum Gasteiger partial charge on any atom is 0.242 e. The van der Waals surface area contributed by atoms with Gasteiger partial charge in [-0.3, -0.25) is 9.59 Å². The third-order valence-corrected chi connectivity index (χ3v) is 6.96. The van der Waals surface area contributed by atoms with Crippen molar-refractivity contribution in [3.05, 3.63) is 22.3 Å². The molecule has 2 aliphatic heterocycles. The molecule has 8 heteroatoms. The number of hydrogen-bond donors (Lipinski definition) is 3. The summed E-state index contributed by atoms with van der Waals surface area (Å²) in [6.45, 7) is 5.63. The molecular formula is C21H29BrN4O3. The molecule has 2 bridgehead atoms. The van der Waals surface area contributed by atoms with Crippen molar-refractivity contribution in [1.82, 2.24) is 15.6 Å². The molecule has 1 spiro atoms. The van der Waals surface area contributed by atoms with Crippen molar-refractivity contribution in [1.29, 1.82) is 0 Å². The van der Waals surface area contributed by atoms with Crippen LogP contribution in [0.3, 0.4) is 0 Å². The minimum atomic E-state index is -0.402. The van der Waals surface area contributed by atoms with Gasteiger partial charge in [0.2, 0.25) is 11.8 Å². The molecule has 1 unspecified atom stereocenters. The van der Waals surface area contributed by atoms with Crippen LogP contribution in [0.25, 0.3) is 0 Å². The number of rotatable bonds is 0. The molecule has 158 valence electrons. The standard InChI is InChI=1S/C21H29BrN4O3/c1-20(2)7-3-4-8-29-11-13-5-6-16(22)25-17(13)26-18(27)14-9-21(10-15(21)24-14)12-23-19(20)28/h5-6,14-15,24H,3-4,7-12H2,1-2H3,(H,23,28)(H,25,26,27)/t14-,15?,21-/m0/s1. The van der Waals surface area contributed by atoms with Gasteiger partial charge in [-0.05, 0) is 47.7 Å². The highest BCUT2D eigenvalue weighted by Gasteiger charge is 2.61. The number of nitrogens with zero attached hydrogens (tertiary/aromatic N) is 1. The van der Waals surface area contributed by atoms with Gasteiger partial charge in [-0.15, -0.1) is 0 Å². The van der Waals surface area contributed by atoms with Gasteiger partial charge in [0.25, 0.3) is 0 Å². The van der Waals surface area contributed by atoms with E-state index in [1.54, 1.807) is 0 Å². The molecule has 1 aliphatic carbocycles. The van der Waals surface area contributed by atoms with Gasteiger partial charge in [-0.25, -0.2) is 4.98 Å². The number of anilines is 1. The number of fused-ring (bicyclic) bond motifs is 2. The maximum atomic E-state index is 12.9. The van der Waals surface area contributed by atoms with Crippen molar-refractivity contribution in [2.45, 2.75) is 64.6 Å². The SMILES string of the molecule is CC1(C)CCCCOCc2ccc(Br)nc2NC(=O)[C@@H]2C[C@@]3(CNC1=O)CC3N2. The lowest BCUT2D eigenvalue weighted by molar-refractivity contribution is -0.130. The number of amides is 2. The van der Waals surface area contributed by atoms with E-state index in [9.17, 15) is 9.59 Å². The summed E-state index contributed by atoms with van der Waals surface area (Å²) in [6.07, 6.45) is 4.38. The smallest absolute Gasteiger partial charge is 0.242 e. The minimum absolute atomic E-state index is 0.00164. The normalized spacial score (nSPS) is 32.4. The van der Waals surface area contributed by atoms with E-state index in [0.717, 1.165) is 37.7 Å². The van der Waals surface area contributed by atoms with Crippen molar-refractivity contribution in [2.75, 3.05) is 18.5 Å². The van der Waals surface area contributed by atoms with Gasteiger partial charge in [0, 0.05) is 35.6 Å². The van der Waals surface area contributed by atoms with Crippen LogP contribution in [0.2, 0.25) is 0 Å². The summed E-state index contributed by atoms with van der Waals surface area (Å²) < 4.78 is 6.49. The Balaban J connectivity index is 1.52. The number of piperidine rings is 1. The molecule has 3 atom stereocenters. The number of carbonyl (C=O) groups excluding carboxylic acids is 2. The third kappa shape index (κ3) is 4.49. The van der Waals surface area contributed by atoms with E-state index < -0.39 is 5.41 Å². The van der Waals surface area contributed by atoms with Gasteiger partial charge < -0.3 is 20.7 Å². The van der Waals surface area contributed by atoms with Crippen LogP contribution >= 0.6 is 15.9 Å². The Morgan fingerprint density at radius 2 is 2.03 bits per heavy atom. The summed E-state index contributed by atoms with van der Waals surface area (Å²) in [7, 11) is 0. The van der Waals surface area contributed by atoms with E-state index in [2.05, 4.69) is 36.9 Å². The van der Waals surface area contributed by atoms with E-state index in [1.165, 1.54) is 0 Å². The Morgan fingerprint density at radius 1 is 1.21 bits per heavy atom. The molecule has 4 rings (SSSR count). The van der Waals surface area contributed by atoms with E-state index in [1.807, 2.05) is 26.0 Å². The van der Waals surface area contributed by atoms with E-state index in [-0.39, 0.29) is 23.3 Å². The monoisotopic (exact) mass is 464 g/mol. The Bertz CT molecular complexity index is 815. The third-order valence-electron chi connectivity index (χ3n) is 6.52. The summed E-state index contributed by atoms with van der Waals surface area (Å²) >= 11 is 3.38. The molecule has 2 fully saturated rings. The van der Waals surface area contributed by atoms with Crippen molar-refractivity contribution >= 4 is 33.6 Å². The number of aromatic nitrogens is 1. The molecule has 1 aromatic heterocycles. The summed E-state index contributed by atoms with van der Waals surface area (Å²) in [5.41, 5.74) is 0.458. The highest BCUT2D eigenvalue weighted by Crippen LogP contribution is 2.54. The Labute approximate surface area is 179 Å². The highest BCUT2D eigenvalue weighted by molar-refractivity contribution is 9.10. The second-order valence-electron chi connectivity index (χ2n) is 9.25. The van der Waals surface area contributed by atoms with Crippen LogP contribution in [-0.2, 0) is 20.9 Å². The first-order valence-corrected chi connectivity index (χ1v) is 11.2. The van der Waals surface area contributed by atoms with Gasteiger partial charge >= 0.3 is 0 Å². The number of hydrogen-bond acceptors (Lipinski definition) is 5. The predicted octanol–water partition coefficient (Wildman–Crippen LogP) is 2.75. The van der Waals surface area contributed by atoms with E-state index in [4.69, 9.17) is 4.74 Å². The number of carbonyl (C=O) groups is 2. The highest BCUT2D eigenvalue weighted by atomic mass is 79.9. The van der Waals surface area contributed by atoms with Gasteiger partial charge in [-0.2, -0.15) is 0 Å². The van der Waals surface area contributed by atoms with Crippen LogP contribution in [0.4, 0.5) is 5.82 Å². The van der Waals surface area contributed by atoms with Crippen molar-refractivity contribution in [3.63, 3.8) is 0 Å². The average Bonchev–Trinajstić information content (AvgIpc) is 3.23. The minimum Gasteiger partial charge on any atom is -0.377 e. The van der Waals surface area contributed by atoms with E-state index in [0.29, 0.717) is 36.2 Å². The molecule has 3 N–H and O–H groups in total. The fourth-order valence-corrected chi connectivity index (χ4v) is 4.72. The van der Waals surface area contributed by atoms with Gasteiger partial charge in [0.1, 0.15) is 10.4 Å². The zero-order chi connectivity index (χ0) is 20.6. The second-order valence-corrected chi connectivity index (χ2v) is 10.1. The van der Waals surface area contributed by atoms with Crippen molar-refractivity contribution < 1.29 is 14.3 Å². The molecular weight excluding hydrogens is 436 g/mol. The number of nitrogens with one attached hydrogen (secondary N) is 3. The fourth-order valence-electron chi connectivity index (χ4n) is 4.41. The lowest BCUT2D eigenvalue weighted by Gasteiger charge is -2.25. The lowest BCUT2D eigenvalue weighted by atomic mass is 9.86. The number of ether oxygens (including phenoxy) is 1. The summed E-state index contributed by atoms with van der Waals surface area (Å²) in [5.74, 6) is 0.552. The molecule has 1 aromatic rings. The van der Waals surface area contributed by atoms with E-state index >= 15 is 0 Å². The number of pyridine rings is 1. The predicted molar refractivity (Wildman–Crippen MR) is 113 cm³/mol. The molecule has 29 heavy (non-hydrogen) atoms. The molecule has 0 radical (unpaired) electrons. The molecule has 3 aliphatic rings. The summed E-state index contributed by atoms with van der Waals surface area (Å²) in [5, 5.41) is 9.55. The second kappa shape index (κ2) is 7.96. The maximum absolute atomic E-state index is 12.9. The molecule has 1 saturated heterocycles. The van der Waals surface area contributed by atoms with Crippen LogP contribution < -0.4 is 16.0 Å². The topological polar surface area (TPSA) is 92.3 Å². The zero-order valence-corrected chi connectivity index (χ0v) is 18.6. The Kier molecular flexibility index (Phi) is 5.70. The molecule has 2 amide bonds.